The lowest BCUT2D eigenvalue weighted by molar-refractivity contribution is 0.0905. The highest BCUT2D eigenvalue weighted by Crippen LogP contribution is 2.25. The number of nitrogens with zero attached hydrogens (tertiary/aromatic N) is 3. The van der Waals surface area contributed by atoms with Crippen molar-refractivity contribution in [3.8, 4) is 0 Å². The Morgan fingerprint density at radius 3 is 2.53 bits per heavy atom. The van der Waals surface area contributed by atoms with Crippen molar-refractivity contribution in [2.75, 3.05) is 37.7 Å². The molecular formula is C23H28N4O3. The lowest BCUT2D eigenvalue weighted by Gasteiger charge is -2.32. The van der Waals surface area contributed by atoms with E-state index in [4.69, 9.17) is 4.74 Å². The molecule has 0 saturated carbocycles. The van der Waals surface area contributed by atoms with Gasteiger partial charge in [-0.1, -0.05) is 30.3 Å². The molecule has 2 aromatic carbocycles. The van der Waals surface area contributed by atoms with Gasteiger partial charge in [-0.15, -0.1) is 0 Å². The van der Waals surface area contributed by atoms with E-state index in [0.717, 1.165) is 36.1 Å². The Kier molecular flexibility index (Phi) is 6.07. The Morgan fingerprint density at radius 1 is 1.10 bits per heavy atom. The van der Waals surface area contributed by atoms with Gasteiger partial charge in [0, 0.05) is 31.4 Å². The van der Waals surface area contributed by atoms with Gasteiger partial charge in [0.05, 0.1) is 17.6 Å². The quantitative estimate of drug-likeness (QED) is 0.676. The summed E-state index contributed by atoms with van der Waals surface area (Å²) < 4.78 is 7.36. The molecule has 1 aliphatic heterocycles. The minimum atomic E-state index is -0.274. The summed E-state index contributed by atoms with van der Waals surface area (Å²) in [5.74, 6) is 0. The zero-order valence-corrected chi connectivity index (χ0v) is 17.3. The fourth-order valence-electron chi connectivity index (χ4n) is 4.19. The summed E-state index contributed by atoms with van der Waals surface area (Å²) in [6.07, 6.45) is 1.20. The predicted octanol–water partition coefficient (Wildman–Crippen LogP) is 3.63. The van der Waals surface area contributed by atoms with Crippen LogP contribution in [0.4, 0.5) is 10.5 Å². The summed E-state index contributed by atoms with van der Waals surface area (Å²) in [7, 11) is 0. The van der Waals surface area contributed by atoms with Gasteiger partial charge in [-0.05, 0) is 44.0 Å². The molecule has 1 aromatic heterocycles. The molecular weight excluding hydrogens is 380 g/mol. The van der Waals surface area contributed by atoms with Crippen LogP contribution < -0.4 is 10.6 Å². The third-order valence-electron chi connectivity index (χ3n) is 5.80. The molecule has 0 radical (unpaired) electrons. The maximum Gasteiger partial charge on any atom is 0.409 e. The number of ether oxygens (including phenoxy) is 1. The van der Waals surface area contributed by atoms with Crippen molar-refractivity contribution >= 4 is 22.8 Å². The number of amides is 1. The Labute approximate surface area is 175 Å². The van der Waals surface area contributed by atoms with Crippen LogP contribution in [0.15, 0.2) is 59.4 Å². The summed E-state index contributed by atoms with van der Waals surface area (Å²) in [4.78, 5) is 31.7. The molecule has 1 amide bonds. The van der Waals surface area contributed by atoms with Crippen LogP contribution in [0.3, 0.4) is 0 Å². The molecule has 7 nitrogen and oxygen atoms in total. The highest BCUT2D eigenvalue weighted by molar-refractivity contribution is 5.75. The standard InChI is InChI=1S/C23H28N4O3/c1-2-25(18-8-4-3-5-9-18)16-17-30-23(29)26-14-12-19(13-15-26)27-21-11-7-6-10-20(21)24-22(27)28/h3-11,19H,2,12-17H2,1H3,(H,24,28). The minimum Gasteiger partial charge on any atom is -0.448 e. The Hall–Kier alpha value is -3.22. The van der Waals surface area contributed by atoms with Crippen molar-refractivity contribution in [2.45, 2.75) is 25.8 Å². The number of H-pyrrole nitrogens is 1. The summed E-state index contributed by atoms with van der Waals surface area (Å²) in [5, 5.41) is 0. The summed E-state index contributed by atoms with van der Waals surface area (Å²) in [6, 6.07) is 17.9. The summed E-state index contributed by atoms with van der Waals surface area (Å²) in [5.41, 5.74) is 2.81. The second kappa shape index (κ2) is 9.07. The van der Waals surface area contributed by atoms with Gasteiger partial charge in [0.1, 0.15) is 6.61 Å². The third-order valence-corrected chi connectivity index (χ3v) is 5.80. The molecule has 1 fully saturated rings. The topological polar surface area (TPSA) is 70.6 Å². The van der Waals surface area contributed by atoms with Gasteiger partial charge >= 0.3 is 11.8 Å². The number of aromatic nitrogens is 2. The average molecular weight is 409 g/mol. The number of aromatic amines is 1. The highest BCUT2D eigenvalue weighted by Gasteiger charge is 2.26. The normalized spacial score (nSPS) is 14.8. The fourth-order valence-corrected chi connectivity index (χ4v) is 4.19. The molecule has 1 aliphatic rings. The van der Waals surface area contributed by atoms with Gasteiger partial charge in [-0.25, -0.2) is 9.59 Å². The first-order chi connectivity index (χ1) is 14.7. The highest BCUT2D eigenvalue weighted by atomic mass is 16.6. The number of imidazole rings is 1. The van der Waals surface area contributed by atoms with E-state index in [1.54, 1.807) is 4.90 Å². The van der Waals surface area contributed by atoms with E-state index in [0.29, 0.717) is 26.2 Å². The molecule has 1 N–H and O–H groups in total. The van der Waals surface area contributed by atoms with E-state index in [1.165, 1.54) is 0 Å². The average Bonchev–Trinajstić information content (AvgIpc) is 3.13. The van der Waals surface area contributed by atoms with Gasteiger partial charge in [0.25, 0.3) is 0 Å². The molecule has 3 aromatic rings. The third kappa shape index (κ3) is 4.20. The van der Waals surface area contributed by atoms with Crippen LogP contribution in [0.5, 0.6) is 0 Å². The second-order valence-electron chi connectivity index (χ2n) is 7.57. The largest absolute Gasteiger partial charge is 0.448 e. The molecule has 30 heavy (non-hydrogen) atoms. The Morgan fingerprint density at radius 2 is 1.80 bits per heavy atom. The molecule has 4 rings (SSSR count). The molecule has 1 saturated heterocycles. The lowest BCUT2D eigenvalue weighted by Crippen LogP contribution is -2.41. The van der Waals surface area contributed by atoms with Crippen LogP contribution in [-0.2, 0) is 4.74 Å². The number of nitrogens with one attached hydrogen (secondary N) is 1. The minimum absolute atomic E-state index is 0.0854. The number of fused-ring (bicyclic) bond motifs is 1. The van der Waals surface area contributed by atoms with Crippen molar-refractivity contribution in [3.63, 3.8) is 0 Å². The number of likely N-dealkylation sites (N-methyl/N-ethyl adjacent to an activating group) is 1. The van der Waals surface area contributed by atoms with Crippen molar-refractivity contribution in [1.82, 2.24) is 14.5 Å². The molecule has 0 atom stereocenters. The smallest absolute Gasteiger partial charge is 0.409 e. The van der Waals surface area contributed by atoms with Crippen LogP contribution in [0.25, 0.3) is 11.0 Å². The van der Waals surface area contributed by atoms with E-state index in [9.17, 15) is 9.59 Å². The number of carbonyl (C=O) groups excluding carboxylic acids is 1. The zero-order chi connectivity index (χ0) is 20.9. The number of benzene rings is 2. The Bertz CT molecular complexity index is 1040. The van der Waals surface area contributed by atoms with Crippen molar-refractivity contribution in [1.29, 1.82) is 0 Å². The van der Waals surface area contributed by atoms with Crippen molar-refractivity contribution < 1.29 is 9.53 Å². The van der Waals surface area contributed by atoms with Gasteiger partial charge in [0.15, 0.2) is 0 Å². The van der Waals surface area contributed by atoms with Crippen LogP contribution in [0.1, 0.15) is 25.8 Å². The van der Waals surface area contributed by atoms with Crippen LogP contribution in [0.2, 0.25) is 0 Å². The second-order valence-corrected chi connectivity index (χ2v) is 7.57. The van der Waals surface area contributed by atoms with Crippen LogP contribution in [-0.4, -0.2) is 53.3 Å². The first-order valence-electron chi connectivity index (χ1n) is 10.6. The molecule has 0 aliphatic carbocycles. The number of piperidine rings is 1. The zero-order valence-electron chi connectivity index (χ0n) is 17.3. The van der Waals surface area contributed by atoms with Gasteiger partial charge in [-0.2, -0.15) is 0 Å². The number of carbonyl (C=O) groups is 1. The number of likely N-dealkylation sites (tertiary alicyclic amines) is 1. The van der Waals surface area contributed by atoms with Gasteiger partial charge in [-0.3, -0.25) is 4.57 Å². The SMILES string of the molecule is CCN(CCOC(=O)N1CCC(n2c(=O)[nH]c3ccccc32)CC1)c1ccccc1. The maximum atomic E-state index is 12.5. The number of rotatable bonds is 6. The molecule has 0 unspecified atom stereocenters. The van der Waals surface area contributed by atoms with E-state index < -0.39 is 0 Å². The number of anilines is 1. The van der Waals surface area contributed by atoms with Gasteiger partial charge in [0.2, 0.25) is 0 Å². The van der Waals surface area contributed by atoms with E-state index in [2.05, 4.69) is 28.9 Å². The fraction of sp³-hybridized carbons (Fsp3) is 0.391. The van der Waals surface area contributed by atoms with Gasteiger partial charge < -0.3 is 19.5 Å². The summed E-state index contributed by atoms with van der Waals surface area (Å²) >= 11 is 0. The first-order valence-corrected chi connectivity index (χ1v) is 10.6. The number of hydrogen-bond donors (Lipinski definition) is 1. The predicted molar refractivity (Wildman–Crippen MR) is 118 cm³/mol. The van der Waals surface area contributed by atoms with E-state index >= 15 is 0 Å². The van der Waals surface area contributed by atoms with Crippen molar-refractivity contribution in [2.24, 2.45) is 0 Å². The number of para-hydroxylation sites is 3. The molecule has 7 heteroatoms. The molecule has 158 valence electrons. The van der Waals surface area contributed by atoms with Crippen LogP contribution in [0, 0.1) is 0 Å². The van der Waals surface area contributed by atoms with Crippen molar-refractivity contribution in [3.05, 3.63) is 65.1 Å². The first kappa shape index (κ1) is 20.1. The van der Waals surface area contributed by atoms with E-state index in [1.807, 2.05) is 47.0 Å². The van der Waals surface area contributed by atoms with E-state index in [-0.39, 0.29) is 17.8 Å². The maximum absolute atomic E-state index is 12.5. The lowest BCUT2D eigenvalue weighted by atomic mass is 10.0. The Balaban J connectivity index is 1.29. The van der Waals surface area contributed by atoms with Crippen LogP contribution >= 0.6 is 0 Å². The monoisotopic (exact) mass is 408 g/mol. The number of hydrogen-bond acceptors (Lipinski definition) is 4. The molecule has 0 bridgehead atoms. The molecule has 2 heterocycles. The summed E-state index contributed by atoms with van der Waals surface area (Å²) in [6.45, 7) is 5.13. The molecule has 0 spiro atoms.